The molecule has 0 saturated carbocycles. The second kappa shape index (κ2) is 7.47. The van der Waals surface area contributed by atoms with Crippen LogP contribution in [0.2, 0.25) is 0 Å². The van der Waals surface area contributed by atoms with Crippen LogP contribution in [0.1, 0.15) is 11.4 Å². The van der Waals surface area contributed by atoms with Crippen LogP contribution in [0.15, 0.2) is 24.3 Å². The third-order valence-corrected chi connectivity index (χ3v) is 3.53. The van der Waals surface area contributed by atoms with E-state index in [1.807, 2.05) is 0 Å². The predicted molar refractivity (Wildman–Crippen MR) is 81.9 cm³/mol. The van der Waals surface area contributed by atoms with E-state index in [0.717, 1.165) is 0 Å². The summed E-state index contributed by atoms with van der Waals surface area (Å²) in [5.41, 5.74) is 0.584. The van der Waals surface area contributed by atoms with Gasteiger partial charge in [-0.1, -0.05) is 12.1 Å². The van der Waals surface area contributed by atoms with E-state index in [9.17, 15) is 18.0 Å². The fourth-order valence-electron chi connectivity index (χ4n) is 1.97. The van der Waals surface area contributed by atoms with E-state index in [0.29, 0.717) is 29.1 Å². The molecular weight excluding hydrogens is 345 g/mol. The Morgan fingerprint density at radius 1 is 1.38 bits per heavy atom. The van der Waals surface area contributed by atoms with Gasteiger partial charge >= 0.3 is 6.36 Å². The van der Waals surface area contributed by atoms with Crippen LogP contribution in [0.25, 0.3) is 0 Å². The summed E-state index contributed by atoms with van der Waals surface area (Å²) in [6, 6.07) is 5.17. The van der Waals surface area contributed by atoms with Gasteiger partial charge in [0.05, 0.1) is 6.42 Å². The molecule has 1 aromatic carbocycles. The summed E-state index contributed by atoms with van der Waals surface area (Å²) in [6.45, 7) is 0.377. The third kappa shape index (κ3) is 5.37. The molecule has 0 aliphatic rings. The highest BCUT2D eigenvalue weighted by molar-refractivity contribution is 7.71. The molecule has 0 aliphatic carbocycles. The highest BCUT2D eigenvalue weighted by atomic mass is 32.1. The topological polar surface area (TPSA) is 71.9 Å². The number of benzene rings is 1. The van der Waals surface area contributed by atoms with E-state index in [-0.39, 0.29) is 18.1 Å². The van der Waals surface area contributed by atoms with Crippen molar-refractivity contribution < 1.29 is 22.7 Å². The zero-order valence-corrected chi connectivity index (χ0v) is 13.5. The number of ether oxygens (including phenoxy) is 1. The van der Waals surface area contributed by atoms with Crippen molar-refractivity contribution >= 4 is 18.1 Å². The van der Waals surface area contributed by atoms with Crippen molar-refractivity contribution in [3.05, 3.63) is 40.4 Å². The number of hydrogen-bond donors (Lipinski definition) is 2. The molecule has 1 amide bonds. The van der Waals surface area contributed by atoms with E-state index in [4.69, 9.17) is 12.2 Å². The first-order valence-electron chi connectivity index (χ1n) is 6.96. The van der Waals surface area contributed by atoms with Crippen molar-refractivity contribution in [2.24, 2.45) is 7.05 Å². The van der Waals surface area contributed by atoms with Crippen molar-refractivity contribution in [2.45, 2.75) is 19.2 Å². The van der Waals surface area contributed by atoms with Gasteiger partial charge in [0.25, 0.3) is 0 Å². The van der Waals surface area contributed by atoms with Gasteiger partial charge < -0.3 is 14.6 Å². The van der Waals surface area contributed by atoms with Crippen molar-refractivity contribution in [1.82, 2.24) is 20.1 Å². The summed E-state index contributed by atoms with van der Waals surface area (Å²) in [4.78, 5) is 11.8. The number of nitrogens with one attached hydrogen (secondary N) is 2. The lowest BCUT2D eigenvalue weighted by Crippen LogP contribution is -2.27. The average Bonchev–Trinajstić information content (AvgIpc) is 2.80. The van der Waals surface area contributed by atoms with Crippen molar-refractivity contribution in [3.8, 4) is 5.75 Å². The normalized spacial score (nSPS) is 11.3. The molecule has 10 heteroatoms. The summed E-state index contributed by atoms with van der Waals surface area (Å²) in [6.07, 6.45) is -4.16. The monoisotopic (exact) mass is 360 g/mol. The first kappa shape index (κ1) is 18.0. The molecule has 24 heavy (non-hydrogen) atoms. The first-order chi connectivity index (χ1) is 11.2. The summed E-state index contributed by atoms with van der Waals surface area (Å²) in [7, 11) is 1.77. The zero-order valence-electron chi connectivity index (χ0n) is 12.7. The molecule has 0 saturated heterocycles. The highest BCUT2D eigenvalue weighted by Crippen LogP contribution is 2.22. The summed E-state index contributed by atoms with van der Waals surface area (Å²) in [5.74, 6) is 0.155. The van der Waals surface area contributed by atoms with Gasteiger partial charge in [0.1, 0.15) is 11.6 Å². The van der Waals surface area contributed by atoms with E-state index in [1.165, 1.54) is 24.3 Å². The van der Waals surface area contributed by atoms with E-state index in [1.54, 1.807) is 11.6 Å². The number of alkyl halides is 3. The Labute approximate surface area is 140 Å². The fourth-order valence-corrected chi connectivity index (χ4v) is 2.12. The van der Waals surface area contributed by atoms with Crippen LogP contribution < -0.4 is 10.1 Å². The molecule has 0 atom stereocenters. The van der Waals surface area contributed by atoms with Gasteiger partial charge in [-0.05, 0) is 29.9 Å². The number of amides is 1. The number of aromatic nitrogens is 3. The Balaban J connectivity index is 1.80. The Bertz CT molecular complexity index is 753. The van der Waals surface area contributed by atoms with Gasteiger partial charge in [-0.3, -0.25) is 9.89 Å². The van der Waals surface area contributed by atoms with Crippen molar-refractivity contribution in [3.63, 3.8) is 0 Å². The summed E-state index contributed by atoms with van der Waals surface area (Å²) >= 11 is 4.98. The molecule has 0 radical (unpaired) electrons. The molecule has 130 valence electrons. The standard InChI is InChI=1S/C14H15F3N4O2S/c1-21-11(19-20-13(21)24)6-7-18-12(22)8-9-2-4-10(5-3-9)23-14(15,16)17/h2-5H,6-8H2,1H3,(H,18,22)(H,20,24). The van der Waals surface area contributed by atoms with Gasteiger partial charge in [-0.2, -0.15) is 5.10 Å². The lowest BCUT2D eigenvalue weighted by molar-refractivity contribution is -0.274. The fraction of sp³-hybridized carbons (Fsp3) is 0.357. The smallest absolute Gasteiger partial charge is 0.406 e. The number of halogens is 3. The lowest BCUT2D eigenvalue weighted by Gasteiger charge is -2.09. The summed E-state index contributed by atoms with van der Waals surface area (Å²) in [5, 5.41) is 9.39. The van der Waals surface area contributed by atoms with Crippen LogP contribution in [-0.2, 0) is 24.7 Å². The minimum atomic E-state index is -4.73. The second-order valence-corrected chi connectivity index (χ2v) is 5.36. The number of carbonyl (C=O) groups is 1. The lowest BCUT2D eigenvalue weighted by atomic mass is 10.1. The highest BCUT2D eigenvalue weighted by Gasteiger charge is 2.30. The molecule has 0 fully saturated rings. The number of aromatic amines is 1. The molecule has 6 nitrogen and oxygen atoms in total. The van der Waals surface area contributed by atoms with E-state index >= 15 is 0 Å². The molecule has 2 rings (SSSR count). The number of H-pyrrole nitrogens is 1. The molecule has 0 spiro atoms. The average molecular weight is 360 g/mol. The molecule has 0 unspecified atom stereocenters. The zero-order chi connectivity index (χ0) is 17.7. The summed E-state index contributed by atoms with van der Waals surface area (Å²) < 4.78 is 42.2. The Kier molecular flexibility index (Phi) is 5.60. The Morgan fingerprint density at radius 3 is 2.58 bits per heavy atom. The number of carbonyl (C=O) groups excluding carboxylic acids is 1. The largest absolute Gasteiger partial charge is 0.573 e. The Hall–Kier alpha value is -2.36. The number of hydrogen-bond acceptors (Lipinski definition) is 4. The van der Waals surface area contributed by atoms with Gasteiger partial charge in [-0.25, -0.2) is 0 Å². The van der Waals surface area contributed by atoms with Crippen LogP contribution in [0, 0.1) is 4.77 Å². The molecule has 2 aromatic rings. The van der Waals surface area contributed by atoms with Crippen LogP contribution in [0.4, 0.5) is 13.2 Å². The third-order valence-electron chi connectivity index (χ3n) is 3.16. The first-order valence-corrected chi connectivity index (χ1v) is 7.37. The minimum absolute atomic E-state index is 0.0608. The number of nitrogens with zero attached hydrogens (tertiary/aromatic N) is 2. The van der Waals surface area contributed by atoms with E-state index < -0.39 is 6.36 Å². The van der Waals surface area contributed by atoms with Crippen LogP contribution >= 0.6 is 12.2 Å². The predicted octanol–water partition coefficient (Wildman–Crippen LogP) is 2.28. The molecule has 1 heterocycles. The maximum absolute atomic E-state index is 12.1. The van der Waals surface area contributed by atoms with Gasteiger partial charge in [0, 0.05) is 20.0 Å². The van der Waals surface area contributed by atoms with Crippen molar-refractivity contribution in [2.75, 3.05) is 6.54 Å². The maximum Gasteiger partial charge on any atom is 0.573 e. The van der Waals surface area contributed by atoms with Crippen molar-refractivity contribution in [1.29, 1.82) is 0 Å². The molecule has 0 bridgehead atoms. The quantitative estimate of drug-likeness (QED) is 0.776. The Morgan fingerprint density at radius 2 is 2.04 bits per heavy atom. The van der Waals surface area contributed by atoms with Crippen LogP contribution in [-0.4, -0.2) is 33.6 Å². The van der Waals surface area contributed by atoms with Gasteiger partial charge in [0.2, 0.25) is 5.91 Å². The SMILES string of the molecule is Cn1c(CCNC(=O)Cc2ccc(OC(F)(F)F)cc2)n[nH]c1=S. The number of rotatable bonds is 6. The van der Waals surface area contributed by atoms with Crippen LogP contribution in [0.3, 0.4) is 0 Å². The molecular formula is C14H15F3N4O2S. The van der Waals surface area contributed by atoms with Gasteiger partial charge in [-0.15, -0.1) is 13.2 Å². The minimum Gasteiger partial charge on any atom is -0.406 e. The van der Waals surface area contributed by atoms with Gasteiger partial charge in [0.15, 0.2) is 4.77 Å². The molecule has 2 N–H and O–H groups in total. The molecule has 1 aromatic heterocycles. The van der Waals surface area contributed by atoms with Crippen LogP contribution in [0.5, 0.6) is 5.75 Å². The second-order valence-electron chi connectivity index (χ2n) is 4.97. The molecule has 0 aliphatic heterocycles. The van der Waals surface area contributed by atoms with E-state index in [2.05, 4.69) is 20.3 Å². The maximum atomic E-state index is 12.1.